The molecule has 1 saturated heterocycles. The standard InChI is InChI=1S/C19H25N5/c1-2-4-15(5-3-1)18-23-17-13-21-11-8-16(17)19(24-18)22-12-14-6-9-20-10-7-14/h1-5,14,20-21H,6-13H2,(H,22,23,24). The summed E-state index contributed by atoms with van der Waals surface area (Å²) in [4.78, 5) is 9.69. The van der Waals surface area contributed by atoms with Crippen LogP contribution in [0.15, 0.2) is 30.3 Å². The van der Waals surface area contributed by atoms with E-state index in [2.05, 4.69) is 28.1 Å². The Morgan fingerprint density at radius 2 is 1.83 bits per heavy atom. The van der Waals surface area contributed by atoms with Gasteiger partial charge in [0.25, 0.3) is 0 Å². The number of nitrogens with one attached hydrogen (secondary N) is 3. The molecular weight excluding hydrogens is 298 g/mol. The van der Waals surface area contributed by atoms with Crippen LogP contribution in [0, 0.1) is 5.92 Å². The van der Waals surface area contributed by atoms with E-state index in [1.54, 1.807) is 0 Å². The lowest BCUT2D eigenvalue weighted by Crippen LogP contribution is -2.32. The summed E-state index contributed by atoms with van der Waals surface area (Å²) in [6.45, 7) is 5.11. The summed E-state index contributed by atoms with van der Waals surface area (Å²) in [6.07, 6.45) is 3.49. The lowest BCUT2D eigenvalue weighted by atomic mass is 9.98. The summed E-state index contributed by atoms with van der Waals surface area (Å²) in [5.41, 5.74) is 3.51. The maximum atomic E-state index is 4.88. The molecule has 5 nitrogen and oxygen atoms in total. The zero-order valence-electron chi connectivity index (χ0n) is 14.0. The third-order valence-corrected chi connectivity index (χ3v) is 4.99. The average molecular weight is 323 g/mol. The summed E-state index contributed by atoms with van der Waals surface area (Å²) >= 11 is 0. The molecule has 0 atom stereocenters. The Labute approximate surface area is 143 Å². The van der Waals surface area contributed by atoms with E-state index in [-0.39, 0.29) is 0 Å². The number of hydrogen-bond acceptors (Lipinski definition) is 5. The molecule has 0 radical (unpaired) electrons. The maximum Gasteiger partial charge on any atom is 0.161 e. The maximum absolute atomic E-state index is 4.88. The van der Waals surface area contributed by atoms with E-state index in [9.17, 15) is 0 Å². The molecule has 0 saturated carbocycles. The van der Waals surface area contributed by atoms with Gasteiger partial charge in [0, 0.05) is 24.2 Å². The summed E-state index contributed by atoms with van der Waals surface area (Å²) in [7, 11) is 0. The second kappa shape index (κ2) is 7.28. The molecule has 126 valence electrons. The van der Waals surface area contributed by atoms with E-state index in [1.165, 1.54) is 18.4 Å². The van der Waals surface area contributed by atoms with Crippen LogP contribution in [0.1, 0.15) is 24.1 Å². The number of fused-ring (bicyclic) bond motifs is 1. The van der Waals surface area contributed by atoms with Gasteiger partial charge < -0.3 is 16.0 Å². The van der Waals surface area contributed by atoms with Crippen LogP contribution < -0.4 is 16.0 Å². The Morgan fingerprint density at radius 1 is 1.00 bits per heavy atom. The Kier molecular flexibility index (Phi) is 4.71. The van der Waals surface area contributed by atoms with Gasteiger partial charge >= 0.3 is 0 Å². The van der Waals surface area contributed by atoms with Crippen LogP contribution >= 0.6 is 0 Å². The van der Waals surface area contributed by atoms with Crippen molar-refractivity contribution in [2.45, 2.75) is 25.8 Å². The van der Waals surface area contributed by atoms with Crippen LogP contribution in [0.5, 0.6) is 0 Å². The van der Waals surface area contributed by atoms with Crippen LogP contribution in [-0.2, 0) is 13.0 Å². The van der Waals surface area contributed by atoms with E-state index in [4.69, 9.17) is 9.97 Å². The van der Waals surface area contributed by atoms with Gasteiger partial charge in [-0.05, 0) is 44.8 Å². The fraction of sp³-hybridized carbons (Fsp3) is 0.474. The van der Waals surface area contributed by atoms with Crippen molar-refractivity contribution in [3.8, 4) is 11.4 Å². The van der Waals surface area contributed by atoms with Gasteiger partial charge in [-0.3, -0.25) is 0 Å². The van der Waals surface area contributed by atoms with Gasteiger partial charge in [-0.2, -0.15) is 0 Å². The first kappa shape index (κ1) is 15.5. The molecule has 24 heavy (non-hydrogen) atoms. The second-order valence-electron chi connectivity index (χ2n) is 6.69. The van der Waals surface area contributed by atoms with E-state index in [0.717, 1.165) is 68.0 Å². The van der Waals surface area contributed by atoms with Gasteiger partial charge in [0.15, 0.2) is 5.82 Å². The van der Waals surface area contributed by atoms with E-state index < -0.39 is 0 Å². The fourth-order valence-corrected chi connectivity index (χ4v) is 3.55. The molecule has 3 heterocycles. The van der Waals surface area contributed by atoms with Crippen molar-refractivity contribution in [1.82, 2.24) is 20.6 Å². The van der Waals surface area contributed by atoms with Gasteiger partial charge in [0.05, 0.1) is 5.69 Å². The smallest absolute Gasteiger partial charge is 0.161 e. The average Bonchev–Trinajstić information content (AvgIpc) is 2.67. The molecule has 3 N–H and O–H groups in total. The number of anilines is 1. The monoisotopic (exact) mass is 323 g/mol. The van der Waals surface area contributed by atoms with Crippen LogP contribution in [0.25, 0.3) is 11.4 Å². The largest absolute Gasteiger partial charge is 0.369 e. The van der Waals surface area contributed by atoms with Gasteiger partial charge in [-0.25, -0.2) is 9.97 Å². The Morgan fingerprint density at radius 3 is 2.67 bits per heavy atom. The molecular formula is C19H25N5. The van der Waals surface area contributed by atoms with Crippen molar-refractivity contribution in [2.75, 3.05) is 31.5 Å². The fourth-order valence-electron chi connectivity index (χ4n) is 3.55. The molecule has 2 aliphatic heterocycles. The minimum Gasteiger partial charge on any atom is -0.369 e. The molecule has 0 unspecified atom stereocenters. The van der Waals surface area contributed by atoms with E-state index in [1.807, 2.05) is 18.2 Å². The van der Waals surface area contributed by atoms with Crippen LogP contribution in [0.2, 0.25) is 0 Å². The first-order valence-electron chi connectivity index (χ1n) is 9.00. The van der Waals surface area contributed by atoms with Crippen molar-refractivity contribution in [3.63, 3.8) is 0 Å². The molecule has 1 fully saturated rings. The summed E-state index contributed by atoms with van der Waals surface area (Å²) in [5, 5.41) is 10.5. The quantitative estimate of drug-likeness (QED) is 0.805. The Bertz CT molecular complexity index is 680. The highest BCUT2D eigenvalue weighted by Crippen LogP contribution is 2.25. The SMILES string of the molecule is c1ccc(-c2nc3c(c(NCC4CCNCC4)n2)CCNC3)cc1. The van der Waals surface area contributed by atoms with Crippen molar-refractivity contribution in [1.29, 1.82) is 0 Å². The number of rotatable bonds is 4. The Hall–Kier alpha value is -1.98. The number of nitrogens with zero attached hydrogens (tertiary/aromatic N) is 2. The van der Waals surface area contributed by atoms with Gasteiger partial charge in [0.2, 0.25) is 0 Å². The normalized spacial score (nSPS) is 18.2. The first-order chi connectivity index (χ1) is 11.9. The van der Waals surface area contributed by atoms with Gasteiger partial charge in [0.1, 0.15) is 5.82 Å². The predicted molar refractivity (Wildman–Crippen MR) is 97.0 cm³/mol. The molecule has 1 aromatic carbocycles. The third-order valence-electron chi connectivity index (χ3n) is 4.99. The number of aromatic nitrogens is 2. The summed E-state index contributed by atoms with van der Waals surface area (Å²) in [5.74, 6) is 2.60. The lowest BCUT2D eigenvalue weighted by molar-refractivity contribution is 0.389. The second-order valence-corrected chi connectivity index (χ2v) is 6.69. The Balaban J connectivity index is 1.61. The van der Waals surface area contributed by atoms with E-state index in [0.29, 0.717) is 0 Å². The number of benzene rings is 1. The number of piperidine rings is 1. The molecule has 0 spiro atoms. The van der Waals surface area contributed by atoms with Crippen LogP contribution in [-0.4, -0.2) is 36.1 Å². The molecule has 4 rings (SSSR count). The molecule has 5 heteroatoms. The topological polar surface area (TPSA) is 61.9 Å². The molecule has 0 bridgehead atoms. The van der Waals surface area contributed by atoms with Crippen molar-refractivity contribution < 1.29 is 0 Å². The molecule has 0 amide bonds. The third kappa shape index (κ3) is 3.42. The number of hydrogen-bond donors (Lipinski definition) is 3. The predicted octanol–water partition coefficient (Wildman–Crippen LogP) is 2.20. The van der Waals surface area contributed by atoms with Crippen molar-refractivity contribution in [3.05, 3.63) is 41.6 Å². The highest BCUT2D eigenvalue weighted by molar-refractivity contribution is 5.60. The van der Waals surface area contributed by atoms with Crippen molar-refractivity contribution >= 4 is 5.82 Å². The van der Waals surface area contributed by atoms with Gasteiger partial charge in [-0.15, -0.1) is 0 Å². The van der Waals surface area contributed by atoms with Gasteiger partial charge in [-0.1, -0.05) is 30.3 Å². The van der Waals surface area contributed by atoms with Crippen LogP contribution in [0.4, 0.5) is 5.82 Å². The highest BCUT2D eigenvalue weighted by Gasteiger charge is 2.19. The minimum absolute atomic E-state index is 0.735. The lowest BCUT2D eigenvalue weighted by Gasteiger charge is -2.25. The van der Waals surface area contributed by atoms with E-state index >= 15 is 0 Å². The molecule has 2 aliphatic rings. The van der Waals surface area contributed by atoms with Crippen molar-refractivity contribution in [2.24, 2.45) is 5.92 Å². The van der Waals surface area contributed by atoms with Crippen LogP contribution in [0.3, 0.4) is 0 Å². The summed E-state index contributed by atoms with van der Waals surface area (Å²) in [6, 6.07) is 10.3. The summed E-state index contributed by atoms with van der Waals surface area (Å²) < 4.78 is 0. The highest BCUT2D eigenvalue weighted by atomic mass is 15.1. The zero-order valence-corrected chi connectivity index (χ0v) is 14.0. The molecule has 1 aromatic heterocycles. The minimum atomic E-state index is 0.735. The molecule has 2 aromatic rings. The zero-order chi connectivity index (χ0) is 16.2. The first-order valence-corrected chi connectivity index (χ1v) is 9.00. The molecule has 0 aliphatic carbocycles.